The number of hydrogen-bond donors (Lipinski definition) is 1. The molecule has 2 aromatic carbocycles. The van der Waals surface area contributed by atoms with Crippen LogP contribution < -0.4 is 4.74 Å². The first-order chi connectivity index (χ1) is 11.1. The van der Waals surface area contributed by atoms with Crippen LogP contribution in [0.25, 0.3) is 22.2 Å². The number of nitrogens with zero attached hydrogens (tertiary/aromatic N) is 1. The van der Waals surface area contributed by atoms with Gasteiger partial charge in [-0.3, -0.25) is 0 Å². The highest BCUT2D eigenvalue weighted by Gasteiger charge is 2.15. The first kappa shape index (κ1) is 15.0. The van der Waals surface area contributed by atoms with Gasteiger partial charge in [-0.2, -0.15) is 0 Å². The summed E-state index contributed by atoms with van der Waals surface area (Å²) >= 11 is 0. The SMILES string of the molecule is CCOc1ccccc1-c1cc(C(=O)O)c2cc(C)ccc2n1. The largest absolute Gasteiger partial charge is 0.493 e. The number of benzene rings is 2. The number of aryl methyl sites for hydroxylation is 1. The Balaban J connectivity index is 2.27. The summed E-state index contributed by atoms with van der Waals surface area (Å²) in [6.07, 6.45) is 0. The number of rotatable bonds is 4. The Kier molecular flexibility index (Phi) is 3.98. The number of carboxylic acid groups (broad SMARTS) is 1. The number of fused-ring (bicyclic) bond motifs is 1. The van der Waals surface area contributed by atoms with Gasteiger partial charge in [0.2, 0.25) is 0 Å². The number of hydrogen-bond acceptors (Lipinski definition) is 3. The molecule has 116 valence electrons. The topological polar surface area (TPSA) is 59.4 Å². The van der Waals surface area contributed by atoms with E-state index < -0.39 is 5.97 Å². The minimum Gasteiger partial charge on any atom is -0.493 e. The van der Waals surface area contributed by atoms with Gasteiger partial charge in [-0.25, -0.2) is 9.78 Å². The molecule has 4 heteroatoms. The monoisotopic (exact) mass is 307 g/mol. The Morgan fingerprint density at radius 2 is 1.96 bits per heavy atom. The molecule has 3 rings (SSSR count). The molecule has 0 amide bonds. The van der Waals surface area contributed by atoms with Gasteiger partial charge in [0.25, 0.3) is 0 Å². The second kappa shape index (κ2) is 6.08. The fraction of sp³-hybridized carbons (Fsp3) is 0.158. The second-order valence-corrected chi connectivity index (χ2v) is 5.31. The van der Waals surface area contributed by atoms with Crippen LogP contribution in [0.4, 0.5) is 0 Å². The molecule has 0 bridgehead atoms. The third kappa shape index (κ3) is 2.88. The molecule has 0 spiro atoms. The highest BCUT2D eigenvalue weighted by molar-refractivity contribution is 6.04. The molecule has 0 saturated carbocycles. The summed E-state index contributed by atoms with van der Waals surface area (Å²) in [5.41, 5.74) is 3.31. The predicted molar refractivity (Wildman–Crippen MR) is 90.0 cm³/mol. The van der Waals surface area contributed by atoms with E-state index in [1.54, 1.807) is 6.07 Å². The van der Waals surface area contributed by atoms with Crippen LogP contribution >= 0.6 is 0 Å². The van der Waals surface area contributed by atoms with Gasteiger partial charge >= 0.3 is 5.97 Å². The van der Waals surface area contributed by atoms with Crippen LogP contribution in [0.5, 0.6) is 5.75 Å². The summed E-state index contributed by atoms with van der Waals surface area (Å²) in [6.45, 7) is 4.38. The number of aromatic carboxylic acids is 1. The van der Waals surface area contributed by atoms with E-state index in [4.69, 9.17) is 4.74 Å². The molecule has 3 aromatic rings. The summed E-state index contributed by atoms with van der Waals surface area (Å²) < 4.78 is 5.64. The van der Waals surface area contributed by atoms with Gasteiger partial charge in [0.1, 0.15) is 5.75 Å². The van der Waals surface area contributed by atoms with Crippen LogP contribution in [0.15, 0.2) is 48.5 Å². The second-order valence-electron chi connectivity index (χ2n) is 5.31. The molecular weight excluding hydrogens is 290 g/mol. The fourth-order valence-electron chi connectivity index (χ4n) is 2.61. The molecule has 4 nitrogen and oxygen atoms in total. The van der Waals surface area contributed by atoms with Gasteiger partial charge < -0.3 is 9.84 Å². The van der Waals surface area contributed by atoms with Gasteiger partial charge in [0.05, 0.1) is 23.4 Å². The zero-order valence-corrected chi connectivity index (χ0v) is 13.0. The Morgan fingerprint density at radius 3 is 2.70 bits per heavy atom. The maximum Gasteiger partial charge on any atom is 0.336 e. The molecule has 0 saturated heterocycles. The number of ether oxygens (including phenoxy) is 1. The number of pyridine rings is 1. The van der Waals surface area contributed by atoms with Crippen molar-refractivity contribution in [3.63, 3.8) is 0 Å². The zero-order chi connectivity index (χ0) is 16.4. The van der Waals surface area contributed by atoms with Crippen LogP contribution in [0.2, 0.25) is 0 Å². The molecule has 1 aromatic heterocycles. The smallest absolute Gasteiger partial charge is 0.336 e. The van der Waals surface area contributed by atoms with Gasteiger partial charge in [-0.15, -0.1) is 0 Å². The molecule has 0 radical (unpaired) electrons. The van der Waals surface area contributed by atoms with Gasteiger partial charge in [0, 0.05) is 10.9 Å². The van der Waals surface area contributed by atoms with E-state index in [1.807, 2.05) is 56.3 Å². The number of carboxylic acids is 1. The molecule has 0 atom stereocenters. The summed E-state index contributed by atoms with van der Waals surface area (Å²) in [5.74, 6) is -0.261. The van der Waals surface area contributed by atoms with E-state index in [1.165, 1.54) is 0 Å². The highest BCUT2D eigenvalue weighted by atomic mass is 16.5. The number of carbonyl (C=O) groups is 1. The number of aromatic nitrogens is 1. The van der Waals surface area contributed by atoms with E-state index in [9.17, 15) is 9.90 Å². The normalized spacial score (nSPS) is 10.7. The van der Waals surface area contributed by atoms with Crippen molar-refractivity contribution < 1.29 is 14.6 Å². The van der Waals surface area contributed by atoms with Crippen molar-refractivity contribution in [3.05, 3.63) is 59.7 Å². The maximum absolute atomic E-state index is 11.7. The van der Waals surface area contributed by atoms with E-state index in [-0.39, 0.29) is 5.56 Å². The molecule has 0 unspecified atom stereocenters. The molecule has 0 aliphatic heterocycles. The van der Waals surface area contributed by atoms with Crippen LogP contribution in [0.3, 0.4) is 0 Å². The molecular formula is C19H17NO3. The van der Waals surface area contributed by atoms with Gasteiger partial charge in [0.15, 0.2) is 0 Å². The molecule has 23 heavy (non-hydrogen) atoms. The molecule has 0 aliphatic rings. The van der Waals surface area contributed by atoms with E-state index >= 15 is 0 Å². The van der Waals surface area contributed by atoms with E-state index in [2.05, 4.69) is 4.98 Å². The average Bonchev–Trinajstić information content (AvgIpc) is 2.54. The third-order valence-corrected chi connectivity index (χ3v) is 3.66. The lowest BCUT2D eigenvalue weighted by Gasteiger charge is -2.12. The summed E-state index contributed by atoms with van der Waals surface area (Å²) in [5, 5.41) is 10.2. The Labute approximate surface area is 134 Å². The quantitative estimate of drug-likeness (QED) is 0.780. The summed E-state index contributed by atoms with van der Waals surface area (Å²) in [6, 6.07) is 14.8. The maximum atomic E-state index is 11.7. The van der Waals surface area contributed by atoms with Crippen LogP contribution in [0, 0.1) is 6.92 Å². The Morgan fingerprint density at radius 1 is 1.17 bits per heavy atom. The van der Waals surface area contributed by atoms with E-state index in [0.29, 0.717) is 29.0 Å². The van der Waals surface area contributed by atoms with Gasteiger partial charge in [-0.1, -0.05) is 23.8 Å². The Hall–Kier alpha value is -2.88. The van der Waals surface area contributed by atoms with Crippen molar-refractivity contribution in [2.75, 3.05) is 6.61 Å². The van der Waals surface area contributed by atoms with E-state index in [0.717, 1.165) is 11.1 Å². The molecule has 1 N–H and O–H groups in total. The standard InChI is InChI=1S/C19H17NO3/c1-3-23-18-7-5-4-6-13(18)17-11-15(19(21)22)14-10-12(2)8-9-16(14)20-17/h4-11H,3H2,1-2H3,(H,21,22). The highest BCUT2D eigenvalue weighted by Crippen LogP contribution is 2.31. The summed E-state index contributed by atoms with van der Waals surface area (Å²) in [4.78, 5) is 16.3. The van der Waals surface area contributed by atoms with Crippen LogP contribution in [-0.2, 0) is 0 Å². The van der Waals surface area contributed by atoms with Crippen molar-refractivity contribution in [1.29, 1.82) is 0 Å². The van der Waals surface area contributed by atoms with Crippen molar-refractivity contribution >= 4 is 16.9 Å². The van der Waals surface area contributed by atoms with Gasteiger partial charge in [-0.05, 0) is 44.2 Å². The van der Waals surface area contributed by atoms with Crippen molar-refractivity contribution in [3.8, 4) is 17.0 Å². The first-order valence-electron chi connectivity index (χ1n) is 7.47. The first-order valence-corrected chi connectivity index (χ1v) is 7.47. The van der Waals surface area contributed by atoms with Crippen molar-refractivity contribution in [2.24, 2.45) is 0 Å². The minimum atomic E-state index is -0.960. The molecule has 0 fully saturated rings. The predicted octanol–water partition coefficient (Wildman–Crippen LogP) is 4.31. The minimum absolute atomic E-state index is 0.250. The van der Waals surface area contributed by atoms with Crippen molar-refractivity contribution in [2.45, 2.75) is 13.8 Å². The lowest BCUT2D eigenvalue weighted by atomic mass is 10.0. The lowest BCUT2D eigenvalue weighted by molar-refractivity contribution is 0.0699. The fourth-order valence-corrected chi connectivity index (χ4v) is 2.61. The molecule has 0 aliphatic carbocycles. The van der Waals surface area contributed by atoms with Crippen LogP contribution in [0.1, 0.15) is 22.8 Å². The number of para-hydroxylation sites is 1. The molecule has 1 heterocycles. The van der Waals surface area contributed by atoms with Crippen LogP contribution in [-0.4, -0.2) is 22.7 Å². The zero-order valence-electron chi connectivity index (χ0n) is 13.0. The Bertz CT molecular complexity index is 887. The summed E-state index contributed by atoms with van der Waals surface area (Å²) in [7, 11) is 0. The third-order valence-electron chi connectivity index (χ3n) is 3.66. The lowest BCUT2D eigenvalue weighted by Crippen LogP contribution is -2.01. The average molecular weight is 307 g/mol. The van der Waals surface area contributed by atoms with Crippen molar-refractivity contribution in [1.82, 2.24) is 4.98 Å².